The van der Waals surface area contributed by atoms with Crippen LogP contribution >= 0.6 is 11.3 Å². The first-order valence-corrected chi connectivity index (χ1v) is 4.88. The summed E-state index contributed by atoms with van der Waals surface area (Å²) in [5.41, 5.74) is 7.32. The molecule has 0 saturated heterocycles. The van der Waals surface area contributed by atoms with Gasteiger partial charge in [0.15, 0.2) is 5.78 Å². The Morgan fingerprint density at radius 3 is 3.15 bits per heavy atom. The van der Waals surface area contributed by atoms with Crippen molar-refractivity contribution in [2.45, 2.75) is 18.9 Å². The molecular weight excluding hydrogens is 184 g/mol. The highest BCUT2D eigenvalue weighted by molar-refractivity contribution is 7.09. The molecule has 13 heavy (non-hydrogen) atoms. The highest BCUT2D eigenvalue weighted by Crippen LogP contribution is 2.08. The zero-order valence-corrected chi connectivity index (χ0v) is 8.09. The van der Waals surface area contributed by atoms with Crippen LogP contribution in [0.4, 0.5) is 0 Å². The third-order valence-corrected chi connectivity index (χ3v) is 2.45. The molecule has 3 nitrogen and oxygen atoms in total. The van der Waals surface area contributed by atoms with Gasteiger partial charge in [-0.2, -0.15) is 0 Å². The van der Waals surface area contributed by atoms with Crippen molar-refractivity contribution in [3.05, 3.63) is 29.2 Å². The third kappa shape index (κ3) is 3.08. The van der Waals surface area contributed by atoms with Gasteiger partial charge in [-0.15, -0.1) is 17.9 Å². The zero-order valence-electron chi connectivity index (χ0n) is 7.27. The molecule has 0 aliphatic heterocycles. The molecule has 70 valence electrons. The Hall–Kier alpha value is -1.00. The van der Waals surface area contributed by atoms with E-state index in [1.54, 1.807) is 17.8 Å². The van der Waals surface area contributed by atoms with Gasteiger partial charge in [0, 0.05) is 17.5 Å². The smallest absolute Gasteiger partial charge is 0.155 e. The molecule has 0 spiro atoms. The third-order valence-electron chi connectivity index (χ3n) is 1.67. The number of carbonyl (C=O) groups excluding carboxylic acids is 1. The van der Waals surface area contributed by atoms with Gasteiger partial charge < -0.3 is 5.73 Å². The molecule has 4 heteroatoms. The van der Waals surface area contributed by atoms with E-state index in [9.17, 15) is 4.79 Å². The average Bonchev–Trinajstić information content (AvgIpc) is 2.57. The van der Waals surface area contributed by atoms with Crippen LogP contribution in [0.25, 0.3) is 0 Å². The summed E-state index contributed by atoms with van der Waals surface area (Å²) in [5.74, 6) is 0.0455. The van der Waals surface area contributed by atoms with E-state index >= 15 is 0 Å². The van der Waals surface area contributed by atoms with Crippen LogP contribution in [0.3, 0.4) is 0 Å². The number of ketones is 1. The Morgan fingerprint density at radius 1 is 1.85 bits per heavy atom. The first-order valence-electron chi connectivity index (χ1n) is 4.00. The molecule has 0 radical (unpaired) electrons. The second-order valence-electron chi connectivity index (χ2n) is 2.74. The molecule has 0 aliphatic rings. The van der Waals surface area contributed by atoms with Gasteiger partial charge in [0.05, 0.1) is 11.6 Å². The quantitative estimate of drug-likeness (QED) is 0.719. The van der Waals surface area contributed by atoms with Crippen molar-refractivity contribution in [3.63, 3.8) is 0 Å². The van der Waals surface area contributed by atoms with Gasteiger partial charge >= 0.3 is 0 Å². The van der Waals surface area contributed by atoms with Gasteiger partial charge in [0.1, 0.15) is 0 Å². The van der Waals surface area contributed by atoms with Gasteiger partial charge in [0.2, 0.25) is 0 Å². The molecule has 0 amide bonds. The first-order chi connectivity index (χ1) is 6.24. The fourth-order valence-corrected chi connectivity index (χ4v) is 1.55. The SMILES string of the molecule is C=CCC(N)C(=O)Cc1cncs1. The summed E-state index contributed by atoms with van der Waals surface area (Å²) in [6.07, 6.45) is 4.29. The monoisotopic (exact) mass is 196 g/mol. The van der Waals surface area contributed by atoms with Gasteiger partial charge in [-0.25, -0.2) is 0 Å². The Bertz CT molecular complexity index is 282. The van der Waals surface area contributed by atoms with Crippen LogP contribution in [0.5, 0.6) is 0 Å². The maximum atomic E-state index is 11.4. The number of nitrogens with zero attached hydrogens (tertiary/aromatic N) is 1. The lowest BCUT2D eigenvalue weighted by Gasteiger charge is -2.05. The summed E-state index contributed by atoms with van der Waals surface area (Å²) in [7, 11) is 0. The number of hydrogen-bond donors (Lipinski definition) is 1. The Labute approximate surface area is 81.3 Å². The second-order valence-corrected chi connectivity index (χ2v) is 3.71. The van der Waals surface area contributed by atoms with E-state index in [2.05, 4.69) is 11.6 Å². The lowest BCUT2D eigenvalue weighted by molar-refractivity contribution is -0.119. The van der Waals surface area contributed by atoms with Crippen molar-refractivity contribution >= 4 is 17.1 Å². The van der Waals surface area contributed by atoms with E-state index in [4.69, 9.17) is 5.73 Å². The number of thiazole rings is 1. The average molecular weight is 196 g/mol. The van der Waals surface area contributed by atoms with Crippen molar-refractivity contribution < 1.29 is 4.79 Å². The highest BCUT2D eigenvalue weighted by Gasteiger charge is 2.12. The van der Waals surface area contributed by atoms with Gasteiger partial charge in [-0.1, -0.05) is 6.08 Å². The molecule has 1 aromatic heterocycles. The minimum atomic E-state index is -0.417. The van der Waals surface area contributed by atoms with Crippen LogP contribution in [0, 0.1) is 0 Å². The summed E-state index contributed by atoms with van der Waals surface area (Å²) in [5, 5.41) is 0. The number of nitrogens with two attached hydrogens (primary N) is 1. The fourth-order valence-electron chi connectivity index (χ4n) is 0.943. The number of carbonyl (C=O) groups is 1. The summed E-state index contributed by atoms with van der Waals surface area (Å²) >= 11 is 1.47. The van der Waals surface area contributed by atoms with E-state index in [1.165, 1.54) is 11.3 Å². The van der Waals surface area contributed by atoms with Crippen molar-refractivity contribution in [1.82, 2.24) is 4.98 Å². The van der Waals surface area contributed by atoms with Gasteiger partial charge in [-0.05, 0) is 6.42 Å². The van der Waals surface area contributed by atoms with Gasteiger partial charge in [-0.3, -0.25) is 9.78 Å². The fraction of sp³-hybridized carbons (Fsp3) is 0.333. The maximum absolute atomic E-state index is 11.4. The lowest BCUT2D eigenvalue weighted by Crippen LogP contribution is -2.30. The summed E-state index contributed by atoms with van der Waals surface area (Å²) < 4.78 is 0. The largest absolute Gasteiger partial charge is 0.321 e. The van der Waals surface area contributed by atoms with Crippen LogP contribution in [0.15, 0.2) is 24.4 Å². The maximum Gasteiger partial charge on any atom is 0.155 e. The predicted octanol–water partition coefficient (Wildman–Crippen LogP) is 1.16. The molecular formula is C9H12N2OS. The molecule has 1 heterocycles. The minimum Gasteiger partial charge on any atom is -0.321 e. The first kappa shape index (κ1) is 10.1. The molecule has 0 fully saturated rings. The molecule has 1 aromatic rings. The Morgan fingerprint density at radius 2 is 2.62 bits per heavy atom. The van der Waals surface area contributed by atoms with Crippen LogP contribution in [0.1, 0.15) is 11.3 Å². The molecule has 2 N–H and O–H groups in total. The van der Waals surface area contributed by atoms with Crippen molar-refractivity contribution in [3.8, 4) is 0 Å². The number of hydrogen-bond acceptors (Lipinski definition) is 4. The molecule has 0 bridgehead atoms. The summed E-state index contributed by atoms with van der Waals surface area (Å²) in [6.45, 7) is 3.54. The van der Waals surface area contributed by atoms with Crippen molar-refractivity contribution in [2.24, 2.45) is 5.73 Å². The van der Waals surface area contributed by atoms with Crippen molar-refractivity contribution in [1.29, 1.82) is 0 Å². The molecule has 0 aromatic carbocycles. The Balaban J connectivity index is 2.45. The lowest BCUT2D eigenvalue weighted by atomic mass is 10.1. The van der Waals surface area contributed by atoms with Crippen LogP contribution in [-0.2, 0) is 11.2 Å². The summed E-state index contributed by atoms with van der Waals surface area (Å²) in [6, 6.07) is -0.417. The predicted molar refractivity (Wildman–Crippen MR) is 53.6 cm³/mol. The topological polar surface area (TPSA) is 56.0 Å². The van der Waals surface area contributed by atoms with E-state index < -0.39 is 6.04 Å². The molecule has 1 rings (SSSR count). The molecule has 1 atom stereocenters. The zero-order chi connectivity index (χ0) is 9.68. The van der Waals surface area contributed by atoms with E-state index in [0.717, 1.165) is 4.88 Å². The second kappa shape index (κ2) is 4.89. The summed E-state index contributed by atoms with van der Waals surface area (Å²) in [4.78, 5) is 16.3. The molecule has 0 aliphatic carbocycles. The van der Waals surface area contributed by atoms with Crippen LogP contribution in [-0.4, -0.2) is 16.8 Å². The molecule has 1 unspecified atom stereocenters. The van der Waals surface area contributed by atoms with Gasteiger partial charge in [0.25, 0.3) is 0 Å². The number of rotatable bonds is 5. The minimum absolute atomic E-state index is 0.0455. The highest BCUT2D eigenvalue weighted by atomic mass is 32.1. The normalized spacial score (nSPS) is 12.4. The molecule has 0 saturated carbocycles. The Kier molecular flexibility index (Phi) is 3.79. The number of Topliss-reactive ketones (excluding diaryl/α,β-unsaturated/α-hetero) is 1. The number of aromatic nitrogens is 1. The van der Waals surface area contributed by atoms with E-state index in [-0.39, 0.29) is 5.78 Å². The van der Waals surface area contributed by atoms with Crippen molar-refractivity contribution in [2.75, 3.05) is 0 Å². The van der Waals surface area contributed by atoms with E-state index in [1.807, 2.05) is 0 Å². The van der Waals surface area contributed by atoms with E-state index in [0.29, 0.717) is 12.8 Å². The standard InChI is InChI=1S/C9H12N2OS/c1-2-3-8(10)9(12)4-7-5-11-6-13-7/h2,5-6,8H,1,3-4,10H2. The van der Waals surface area contributed by atoms with Crippen LogP contribution in [0.2, 0.25) is 0 Å². The van der Waals surface area contributed by atoms with Crippen LogP contribution < -0.4 is 5.73 Å².